The molecule has 106 valence electrons. The Balaban J connectivity index is 2.17. The van der Waals surface area contributed by atoms with Gasteiger partial charge in [-0.3, -0.25) is 10.6 Å². The first-order valence-corrected chi connectivity index (χ1v) is 7.42. The molecule has 1 aromatic carbocycles. The average molecular weight is 289 g/mol. The number of rotatable bonds is 5. The molecule has 0 aliphatic carbocycles. The van der Waals surface area contributed by atoms with E-state index in [9.17, 15) is 4.79 Å². The Bertz CT molecular complexity index is 581. The van der Waals surface area contributed by atoms with Crippen molar-refractivity contribution >= 4 is 22.9 Å². The Morgan fingerprint density at radius 1 is 1.40 bits per heavy atom. The van der Waals surface area contributed by atoms with Gasteiger partial charge in [0.15, 0.2) is 0 Å². The Morgan fingerprint density at radius 3 is 2.75 bits per heavy atom. The van der Waals surface area contributed by atoms with Gasteiger partial charge in [-0.15, -0.1) is 11.3 Å². The number of nitrogen functional groups attached to an aromatic ring is 1. The second-order valence-electron chi connectivity index (χ2n) is 4.57. The van der Waals surface area contributed by atoms with Crippen LogP contribution in [0, 0.1) is 6.92 Å². The number of anilines is 1. The summed E-state index contributed by atoms with van der Waals surface area (Å²) in [5.41, 5.74) is 5.11. The predicted octanol–water partition coefficient (Wildman–Crippen LogP) is 3.00. The van der Waals surface area contributed by atoms with E-state index in [1.165, 1.54) is 4.88 Å². The zero-order valence-electron chi connectivity index (χ0n) is 11.7. The Kier molecular flexibility index (Phi) is 4.76. The molecule has 0 radical (unpaired) electrons. The summed E-state index contributed by atoms with van der Waals surface area (Å²) in [6.45, 7) is 5.27. The minimum Gasteiger partial charge on any atom is -0.334 e. The minimum atomic E-state index is 0.0487. The van der Waals surface area contributed by atoms with Crippen molar-refractivity contribution in [1.82, 2.24) is 4.90 Å². The van der Waals surface area contributed by atoms with Crippen molar-refractivity contribution in [2.45, 2.75) is 20.4 Å². The Labute approximate surface area is 123 Å². The molecule has 0 unspecified atom stereocenters. The molecule has 0 atom stereocenters. The number of thiophene rings is 1. The molecule has 0 fully saturated rings. The fraction of sp³-hybridized carbons (Fsp3) is 0.267. The summed E-state index contributed by atoms with van der Waals surface area (Å²) < 4.78 is 0. The number of carbonyl (C=O) groups is 1. The van der Waals surface area contributed by atoms with Crippen molar-refractivity contribution < 1.29 is 4.79 Å². The van der Waals surface area contributed by atoms with E-state index < -0.39 is 0 Å². The molecule has 1 aromatic heterocycles. The van der Waals surface area contributed by atoms with Crippen LogP contribution in [0.5, 0.6) is 0 Å². The first kappa shape index (κ1) is 14.6. The lowest BCUT2D eigenvalue weighted by Crippen LogP contribution is -2.30. The van der Waals surface area contributed by atoms with Gasteiger partial charge in [-0.1, -0.05) is 6.07 Å². The Hall–Kier alpha value is -1.85. The summed E-state index contributed by atoms with van der Waals surface area (Å²) in [5, 5.41) is 2.03. The van der Waals surface area contributed by atoms with E-state index in [-0.39, 0.29) is 5.91 Å². The minimum absolute atomic E-state index is 0.0487. The summed E-state index contributed by atoms with van der Waals surface area (Å²) in [5.74, 6) is 5.46. The molecule has 0 aliphatic heterocycles. The number of nitrogens with zero attached hydrogens (tertiary/aromatic N) is 1. The lowest BCUT2D eigenvalue weighted by molar-refractivity contribution is 0.0754. The van der Waals surface area contributed by atoms with Crippen LogP contribution in [0.15, 0.2) is 35.7 Å². The molecule has 2 aromatic rings. The molecule has 2 rings (SSSR count). The molecule has 5 heteroatoms. The average Bonchev–Trinajstić information content (AvgIpc) is 2.97. The summed E-state index contributed by atoms with van der Waals surface area (Å²) in [6.07, 6.45) is 0. The van der Waals surface area contributed by atoms with Crippen molar-refractivity contribution in [2.24, 2.45) is 5.84 Å². The number of carbonyl (C=O) groups excluding carboxylic acids is 1. The summed E-state index contributed by atoms with van der Waals surface area (Å²) in [7, 11) is 0. The second-order valence-corrected chi connectivity index (χ2v) is 5.60. The van der Waals surface area contributed by atoms with Gasteiger partial charge in [0, 0.05) is 17.0 Å². The highest BCUT2D eigenvalue weighted by Gasteiger charge is 2.15. The number of hydrogen-bond donors (Lipinski definition) is 2. The standard InChI is InChI=1S/C15H19N3OS/c1-3-18(10-13-5-4-8-20-13)15(19)12-6-7-14(17-16)11(2)9-12/h4-9,17H,3,10,16H2,1-2H3. The van der Waals surface area contributed by atoms with Gasteiger partial charge in [0.2, 0.25) is 0 Å². The fourth-order valence-electron chi connectivity index (χ4n) is 2.06. The van der Waals surface area contributed by atoms with Crippen molar-refractivity contribution in [2.75, 3.05) is 12.0 Å². The third-order valence-electron chi connectivity index (χ3n) is 3.22. The van der Waals surface area contributed by atoms with E-state index in [2.05, 4.69) is 5.43 Å². The van der Waals surface area contributed by atoms with Crippen LogP contribution in [-0.2, 0) is 6.54 Å². The SMILES string of the molecule is CCN(Cc1cccs1)C(=O)c1ccc(NN)c(C)c1. The van der Waals surface area contributed by atoms with Gasteiger partial charge < -0.3 is 10.3 Å². The van der Waals surface area contributed by atoms with Gasteiger partial charge in [0.05, 0.1) is 12.2 Å². The molecule has 0 spiro atoms. The number of nitrogens with one attached hydrogen (secondary N) is 1. The van der Waals surface area contributed by atoms with Crippen LogP contribution >= 0.6 is 11.3 Å². The third-order valence-corrected chi connectivity index (χ3v) is 4.09. The zero-order valence-corrected chi connectivity index (χ0v) is 12.5. The lowest BCUT2D eigenvalue weighted by Gasteiger charge is -2.20. The molecular formula is C15H19N3OS. The van der Waals surface area contributed by atoms with Gasteiger partial charge in [-0.2, -0.15) is 0 Å². The largest absolute Gasteiger partial charge is 0.334 e. The highest BCUT2D eigenvalue weighted by Crippen LogP contribution is 2.18. The molecule has 1 amide bonds. The molecule has 3 N–H and O–H groups in total. The summed E-state index contributed by atoms with van der Waals surface area (Å²) >= 11 is 1.67. The maximum Gasteiger partial charge on any atom is 0.254 e. The van der Waals surface area contributed by atoms with Crippen LogP contribution in [-0.4, -0.2) is 17.4 Å². The molecule has 4 nitrogen and oxygen atoms in total. The number of amides is 1. The van der Waals surface area contributed by atoms with Crippen LogP contribution in [0.4, 0.5) is 5.69 Å². The van der Waals surface area contributed by atoms with Crippen LogP contribution < -0.4 is 11.3 Å². The van der Waals surface area contributed by atoms with Crippen LogP contribution in [0.25, 0.3) is 0 Å². The van der Waals surface area contributed by atoms with Gasteiger partial charge in [0.1, 0.15) is 0 Å². The predicted molar refractivity (Wildman–Crippen MR) is 83.7 cm³/mol. The molecular weight excluding hydrogens is 270 g/mol. The van der Waals surface area contributed by atoms with E-state index in [0.29, 0.717) is 18.7 Å². The van der Waals surface area contributed by atoms with E-state index in [1.54, 1.807) is 11.3 Å². The highest BCUT2D eigenvalue weighted by atomic mass is 32.1. The molecule has 1 heterocycles. The van der Waals surface area contributed by atoms with Crippen LogP contribution in [0.3, 0.4) is 0 Å². The van der Waals surface area contributed by atoms with Crippen LogP contribution in [0.2, 0.25) is 0 Å². The Morgan fingerprint density at radius 2 is 2.20 bits per heavy atom. The lowest BCUT2D eigenvalue weighted by atomic mass is 10.1. The zero-order chi connectivity index (χ0) is 14.5. The quantitative estimate of drug-likeness (QED) is 0.657. The maximum atomic E-state index is 12.5. The van der Waals surface area contributed by atoms with Crippen molar-refractivity contribution in [1.29, 1.82) is 0 Å². The van der Waals surface area contributed by atoms with Crippen molar-refractivity contribution in [3.8, 4) is 0 Å². The van der Waals surface area contributed by atoms with E-state index in [1.807, 2.05) is 54.5 Å². The van der Waals surface area contributed by atoms with Gasteiger partial charge in [-0.05, 0) is 49.1 Å². The normalized spacial score (nSPS) is 10.3. The number of aryl methyl sites for hydroxylation is 1. The van der Waals surface area contributed by atoms with Gasteiger partial charge in [0.25, 0.3) is 5.91 Å². The smallest absolute Gasteiger partial charge is 0.254 e. The van der Waals surface area contributed by atoms with Crippen molar-refractivity contribution in [3.05, 3.63) is 51.7 Å². The number of nitrogens with two attached hydrogens (primary N) is 1. The maximum absolute atomic E-state index is 12.5. The van der Waals surface area contributed by atoms with Gasteiger partial charge in [-0.25, -0.2) is 0 Å². The monoisotopic (exact) mass is 289 g/mol. The van der Waals surface area contributed by atoms with E-state index >= 15 is 0 Å². The van der Waals surface area contributed by atoms with Crippen molar-refractivity contribution in [3.63, 3.8) is 0 Å². The molecule has 20 heavy (non-hydrogen) atoms. The summed E-state index contributed by atoms with van der Waals surface area (Å²) in [6, 6.07) is 9.56. The first-order chi connectivity index (χ1) is 9.65. The third kappa shape index (κ3) is 3.18. The number of hydrazine groups is 1. The molecule has 0 aliphatic rings. The molecule has 0 saturated heterocycles. The number of hydrogen-bond acceptors (Lipinski definition) is 4. The summed E-state index contributed by atoms with van der Waals surface area (Å²) in [4.78, 5) is 15.6. The fourth-order valence-corrected chi connectivity index (χ4v) is 2.78. The van der Waals surface area contributed by atoms with E-state index in [4.69, 9.17) is 5.84 Å². The molecule has 0 bridgehead atoms. The van der Waals surface area contributed by atoms with Gasteiger partial charge >= 0.3 is 0 Å². The first-order valence-electron chi connectivity index (χ1n) is 6.54. The topological polar surface area (TPSA) is 58.4 Å². The highest BCUT2D eigenvalue weighted by molar-refractivity contribution is 7.09. The second kappa shape index (κ2) is 6.54. The molecule has 0 saturated carbocycles. The van der Waals surface area contributed by atoms with Crippen LogP contribution in [0.1, 0.15) is 27.7 Å². The number of benzene rings is 1. The van der Waals surface area contributed by atoms with E-state index in [0.717, 1.165) is 11.3 Å².